The molecule has 110 valence electrons. The molecule has 0 radical (unpaired) electrons. The molecule has 0 saturated heterocycles. The maximum atomic E-state index is 12.2. The summed E-state index contributed by atoms with van der Waals surface area (Å²) >= 11 is 1.35. The summed E-state index contributed by atoms with van der Waals surface area (Å²) in [6.07, 6.45) is 7.11. The van der Waals surface area contributed by atoms with Crippen LogP contribution in [-0.2, 0) is 11.2 Å². The quantitative estimate of drug-likeness (QED) is 0.875. The summed E-state index contributed by atoms with van der Waals surface area (Å²) < 4.78 is 0. The molecular formula is C14H20N2O3S. The first-order valence-corrected chi connectivity index (χ1v) is 7.89. The number of nitrogens with one attached hydrogen (secondary N) is 1. The van der Waals surface area contributed by atoms with E-state index in [1.165, 1.54) is 11.3 Å². The molecule has 20 heavy (non-hydrogen) atoms. The van der Waals surface area contributed by atoms with Crippen molar-refractivity contribution in [3.63, 3.8) is 0 Å². The number of aryl methyl sites for hydroxylation is 1. The van der Waals surface area contributed by atoms with Crippen molar-refractivity contribution in [2.24, 2.45) is 0 Å². The van der Waals surface area contributed by atoms with Gasteiger partial charge >= 0.3 is 5.97 Å². The summed E-state index contributed by atoms with van der Waals surface area (Å²) in [6, 6.07) is 0. The third kappa shape index (κ3) is 3.17. The number of aliphatic carboxylic acids is 1. The van der Waals surface area contributed by atoms with Crippen molar-refractivity contribution in [3.8, 4) is 0 Å². The fourth-order valence-electron chi connectivity index (χ4n) is 2.57. The number of amides is 1. The second-order valence-electron chi connectivity index (χ2n) is 5.27. The number of thiazole rings is 1. The summed E-state index contributed by atoms with van der Waals surface area (Å²) in [5.41, 5.74) is -1.09. The molecule has 1 aromatic heterocycles. The number of hydrogen-bond acceptors (Lipinski definition) is 4. The zero-order chi connectivity index (χ0) is 14.6. The molecule has 0 bridgehead atoms. The van der Waals surface area contributed by atoms with E-state index in [0.29, 0.717) is 17.7 Å². The van der Waals surface area contributed by atoms with E-state index in [0.717, 1.165) is 37.1 Å². The topological polar surface area (TPSA) is 79.3 Å². The van der Waals surface area contributed by atoms with Crippen LogP contribution in [-0.4, -0.2) is 27.5 Å². The number of carboxylic acids is 1. The van der Waals surface area contributed by atoms with Crippen molar-refractivity contribution >= 4 is 23.2 Å². The molecule has 0 unspecified atom stereocenters. The Kier molecular flexibility index (Phi) is 4.75. The summed E-state index contributed by atoms with van der Waals surface area (Å²) in [5.74, 6) is -1.24. The van der Waals surface area contributed by atoms with E-state index in [4.69, 9.17) is 0 Å². The first kappa shape index (κ1) is 15.0. The number of carbonyl (C=O) groups is 2. The fourth-order valence-corrected chi connectivity index (χ4v) is 3.49. The molecule has 0 spiro atoms. The molecule has 6 heteroatoms. The van der Waals surface area contributed by atoms with Gasteiger partial charge < -0.3 is 10.4 Å². The van der Waals surface area contributed by atoms with Crippen LogP contribution in [0.4, 0.5) is 0 Å². The minimum absolute atomic E-state index is 0.311. The molecule has 1 aliphatic carbocycles. The Morgan fingerprint density at radius 1 is 1.40 bits per heavy atom. The van der Waals surface area contributed by atoms with Crippen LogP contribution >= 0.6 is 11.3 Å². The highest BCUT2D eigenvalue weighted by Crippen LogP contribution is 2.29. The smallest absolute Gasteiger partial charge is 0.329 e. The number of nitrogens with zero attached hydrogens (tertiary/aromatic N) is 1. The zero-order valence-electron chi connectivity index (χ0n) is 11.6. The third-order valence-corrected chi connectivity index (χ3v) is 4.77. The van der Waals surface area contributed by atoms with E-state index < -0.39 is 11.5 Å². The lowest BCUT2D eigenvalue weighted by Gasteiger charge is -2.33. The van der Waals surface area contributed by atoms with Crippen LogP contribution in [0.1, 0.15) is 60.1 Å². The Morgan fingerprint density at radius 3 is 2.70 bits per heavy atom. The highest BCUT2D eigenvalue weighted by Gasteiger charge is 2.41. The van der Waals surface area contributed by atoms with Gasteiger partial charge in [0.15, 0.2) is 0 Å². The Morgan fingerprint density at radius 2 is 2.10 bits per heavy atom. The maximum Gasteiger partial charge on any atom is 0.329 e. The van der Waals surface area contributed by atoms with Crippen LogP contribution in [0, 0.1) is 0 Å². The molecule has 1 amide bonds. The normalized spacial score (nSPS) is 17.6. The molecule has 0 aliphatic heterocycles. The van der Waals surface area contributed by atoms with Gasteiger partial charge in [0, 0.05) is 0 Å². The van der Waals surface area contributed by atoms with Gasteiger partial charge in [-0.3, -0.25) is 4.79 Å². The van der Waals surface area contributed by atoms with Crippen LogP contribution in [0.5, 0.6) is 0 Å². The van der Waals surface area contributed by atoms with Gasteiger partial charge in [-0.15, -0.1) is 11.3 Å². The third-order valence-electron chi connectivity index (χ3n) is 3.71. The van der Waals surface area contributed by atoms with Gasteiger partial charge in [-0.1, -0.05) is 26.2 Å². The summed E-state index contributed by atoms with van der Waals surface area (Å²) in [5, 5.41) is 13.1. The van der Waals surface area contributed by atoms with E-state index in [2.05, 4.69) is 17.2 Å². The molecule has 2 rings (SSSR count). The van der Waals surface area contributed by atoms with E-state index in [9.17, 15) is 14.7 Å². The number of hydrogen-bond donors (Lipinski definition) is 2. The average molecular weight is 296 g/mol. The number of carbonyl (C=O) groups excluding carboxylic acids is 1. The average Bonchev–Trinajstić information content (AvgIpc) is 2.89. The highest BCUT2D eigenvalue weighted by molar-refractivity contribution is 7.13. The summed E-state index contributed by atoms with van der Waals surface area (Å²) in [6.45, 7) is 2.06. The van der Waals surface area contributed by atoms with E-state index in [1.54, 1.807) is 6.20 Å². The van der Waals surface area contributed by atoms with E-state index in [-0.39, 0.29) is 5.91 Å². The molecular weight excluding hydrogens is 276 g/mol. The Balaban J connectivity index is 2.09. The zero-order valence-corrected chi connectivity index (χ0v) is 12.5. The number of aromatic nitrogens is 1. The van der Waals surface area contributed by atoms with Gasteiger partial charge in [-0.2, -0.15) is 0 Å². The fraction of sp³-hybridized carbons (Fsp3) is 0.643. The first-order chi connectivity index (χ1) is 9.57. The van der Waals surface area contributed by atoms with Crippen molar-refractivity contribution in [2.75, 3.05) is 0 Å². The van der Waals surface area contributed by atoms with Crippen molar-refractivity contribution < 1.29 is 14.7 Å². The molecule has 0 atom stereocenters. The molecule has 5 nitrogen and oxygen atoms in total. The molecule has 1 aromatic rings. The highest BCUT2D eigenvalue weighted by atomic mass is 32.1. The monoisotopic (exact) mass is 296 g/mol. The molecule has 1 aliphatic rings. The number of carboxylic acid groups (broad SMARTS) is 1. The van der Waals surface area contributed by atoms with Crippen LogP contribution < -0.4 is 5.32 Å². The van der Waals surface area contributed by atoms with Gasteiger partial charge in [0.1, 0.15) is 10.4 Å². The van der Waals surface area contributed by atoms with Gasteiger partial charge in [-0.05, 0) is 25.7 Å². The Bertz CT molecular complexity index is 492. The second kappa shape index (κ2) is 6.35. The summed E-state index contributed by atoms with van der Waals surface area (Å²) in [4.78, 5) is 28.5. The SMILES string of the molecule is CCCc1ncc(C(=O)NC2(C(=O)O)CCCCC2)s1. The Labute approximate surface area is 122 Å². The van der Waals surface area contributed by atoms with Crippen LogP contribution in [0.15, 0.2) is 6.20 Å². The van der Waals surface area contributed by atoms with Crippen molar-refractivity contribution in [1.29, 1.82) is 0 Å². The summed E-state index contributed by atoms with van der Waals surface area (Å²) in [7, 11) is 0. The van der Waals surface area contributed by atoms with Crippen molar-refractivity contribution in [2.45, 2.75) is 57.4 Å². The van der Waals surface area contributed by atoms with Gasteiger partial charge in [0.2, 0.25) is 0 Å². The molecule has 2 N–H and O–H groups in total. The van der Waals surface area contributed by atoms with Gasteiger partial charge in [0.05, 0.1) is 11.2 Å². The lowest BCUT2D eigenvalue weighted by atomic mass is 9.81. The van der Waals surface area contributed by atoms with E-state index >= 15 is 0 Å². The predicted octanol–water partition coefficient (Wildman–Crippen LogP) is 2.61. The standard InChI is InChI=1S/C14H20N2O3S/c1-2-6-11-15-9-10(20-11)12(17)16-14(13(18)19)7-4-3-5-8-14/h9H,2-8H2,1H3,(H,16,17)(H,18,19). The lowest BCUT2D eigenvalue weighted by molar-refractivity contribution is -0.145. The van der Waals surface area contributed by atoms with Crippen molar-refractivity contribution in [1.82, 2.24) is 10.3 Å². The van der Waals surface area contributed by atoms with Gasteiger partial charge in [0.25, 0.3) is 5.91 Å². The second-order valence-corrected chi connectivity index (χ2v) is 6.39. The van der Waals surface area contributed by atoms with E-state index in [1.807, 2.05) is 0 Å². The van der Waals surface area contributed by atoms with Gasteiger partial charge in [-0.25, -0.2) is 9.78 Å². The molecule has 1 saturated carbocycles. The van der Waals surface area contributed by atoms with Crippen molar-refractivity contribution in [3.05, 3.63) is 16.1 Å². The molecule has 1 fully saturated rings. The predicted molar refractivity (Wildman–Crippen MR) is 77.0 cm³/mol. The largest absolute Gasteiger partial charge is 0.480 e. The minimum Gasteiger partial charge on any atom is -0.480 e. The van der Waals surface area contributed by atoms with Crippen LogP contribution in [0.2, 0.25) is 0 Å². The minimum atomic E-state index is -1.09. The lowest BCUT2D eigenvalue weighted by Crippen LogP contribution is -2.55. The van der Waals surface area contributed by atoms with Crippen LogP contribution in [0.3, 0.4) is 0 Å². The molecule has 0 aromatic carbocycles. The Hall–Kier alpha value is -1.43. The first-order valence-electron chi connectivity index (χ1n) is 7.08. The number of rotatable bonds is 5. The maximum absolute atomic E-state index is 12.2. The molecule has 1 heterocycles. The van der Waals surface area contributed by atoms with Crippen LogP contribution in [0.25, 0.3) is 0 Å².